The number of amides is 1. The molecule has 1 aromatic carbocycles. The highest BCUT2D eigenvalue weighted by Crippen LogP contribution is 2.49. The highest BCUT2D eigenvalue weighted by atomic mass is 19.3. The van der Waals surface area contributed by atoms with E-state index in [1.807, 2.05) is 20.8 Å². The second-order valence-corrected chi connectivity index (χ2v) is 6.88. The lowest BCUT2D eigenvalue weighted by Crippen LogP contribution is -2.23. The van der Waals surface area contributed by atoms with Gasteiger partial charge in [-0.1, -0.05) is 20.8 Å². The van der Waals surface area contributed by atoms with Gasteiger partial charge in [-0.25, -0.2) is 13.2 Å². The maximum Gasteiger partial charge on any atom is 0.278 e. The SMILES string of the molecule is CN=CC(C(=O)Nc1ccc(F)c2c1C(C)CC2(C)C)=C(N)C(F)F. The Morgan fingerprint density at radius 1 is 1.44 bits per heavy atom. The van der Waals surface area contributed by atoms with Gasteiger partial charge in [-0.3, -0.25) is 9.79 Å². The van der Waals surface area contributed by atoms with E-state index in [0.29, 0.717) is 16.8 Å². The van der Waals surface area contributed by atoms with Crippen molar-refractivity contribution in [2.75, 3.05) is 12.4 Å². The largest absolute Gasteiger partial charge is 0.397 e. The Bertz CT molecular complexity index is 754. The van der Waals surface area contributed by atoms with E-state index >= 15 is 0 Å². The Hall–Kier alpha value is -2.31. The van der Waals surface area contributed by atoms with Gasteiger partial charge >= 0.3 is 0 Å². The first-order chi connectivity index (χ1) is 11.6. The molecule has 1 aliphatic rings. The Morgan fingerprint density at radius 3 is 2.64 bits per heavy atom. The molecule has 1 atom stereocenters. The number of halogens is 3. The van der Waals surface area contributed by atoms with E-state index in [9.17, 15) is 18.0 Å². The second kappa shape index (κ2) is 6.90. The van der Waals surface area contributed by atoms with Gasteiger partial charge in [-0.05, 0) is 41.0 Å². The highest BCUT2D eigenvalue weighted by molar-refractivity contribution is 6.18. The van der Waals surface area contributed by atoms with Crippen LogP contribution in [-0.4, -0.2) is 25.6 Å². The third-order valence-corrected chi connectivity index (χ3v) is 4.48. The van der Waals surface area contributed by atoms with Crippen molar-refractivity contribution in [3.05, 3.63) is 40.3 Å². The van der Waals surface area contributed by atoms with Gasteiger partial charge < -0.3 is 11.1 Å². The van der Waals surface area contributed by atoms with Crippen molar-refractivity contribution >= 4 is 17.8 Å². The van der Waals surface area contributed by atoms with Crippen LogP contribution >= 0.6 is 0 Å². The van der Waals surface area contributed by atoms with Crippen LogP contribution in [0.5, 0.6) is 0 Å². The third kappa shape index (κ3) is 3.55. The van der Waals surface area contributed by atoms with E-state index in [2.05, 4.69) is 10.3 Å². The lowest BCUT2D eigenvalue weighted by Gasteiger charge is -2.20. The summed E-state index contributed by atoms with van der Waals surface area (Å²) in [6, 6.07) is 2.73. The summed E-state index contributed by atoms with van der Waals surface area (Å²) in [4.78, 5) is 16.0. The third-order valence-electron chi connectivity index (χ3n) is 4.48. The molecule has 0 spiro atoms. The van der Waals surface area contributed by atoms with Gasteiger partial charge in [0.15, 0.2) is 0 Å². The first-order valence-corrected chi connectivity index (χ1v) is 7.94. The van der Waals surface area contributed by atoms with Crippen molar-refractivity contribution in [2.45, 2.75) is 45.0 Å². The van der Waals surface area contributed by atoms with Crippen LogP contribution in [0.3, 0.4) is 0 Å². The molecule has 1 aromatic rings. The number of hydrogen-bond donors (Lipinski definition) is 2. The summed E-state index contributed by atoms with van der Waals surface area (Å²) in [7, 11) is 1.35. The van der Waals surface area contributed by atoms with Crippen LogP contribution < -0.4 is 11.1 Å². The van der Waals surface area contributed by atoms with Gasteiger partial charge in [0, 0.05) is 18.9 Å². The minimum Gasteiger partial charge on any atom is -0.397 e. The zero-order valence-corrected chi connectivity index (χ0v) is 14.7. The number of alkyl halides is 2. The lowest BCUT2D eigenvalue weighted by atomic mass is 9.85. The van der Waals surface area contributed by atoms with Crippen LogP contribution in [0.25, 0.3) is 0 Å². The fourth-order valence-corrected chi connectivity index (χ4v) is 3.57. The summed E-state index contributed by atoms with van der Waals surface area (Å²) in [6.45, 7) is 5.82. The molecular formula is C18H22F3N3O. The molecule has 0 saturated heterocycles. The monoisotopic (exact) mass is 353 g/mol. The zero-order valence-electron chi connectivity index (χ0n) is 14.7. The number of aliphatic imine (C=N–C) groups is 1. The predicted molar refractivity (Wildman–Crippen MR) is 92.7 cm³/mol. The number of anilines is 1. The normalized spacial score (nSPS) is 19.9. The minimum atomic E-state index is -2.98. The molecule has 0 bridgehead atoms. The first kappa shape index (κ1) is 19.0. The van der Waals surface area contributed by atoms with Crippen molar-refractivity contribution in [1.29, 1.82) is 0 Å². The summed E-state index contributed by atoms with van der Waals surface area (Å²) < 4.78 is 40.1. The topological polar surface area (TPSA) is 67.5 Å². The van der Waals surface area contributed by atoms with Gasteiger partial charge in [-0.15, -0.1) is 0 Å². The molecule has 7 heteroatoms. The smallest absolute Gasteiger partial charge is 0.278 e. The molecule has 0 saturated carbocycles. The number of allylic oxidation sites excluding steroid dienone is 1. The zero-order chi connectivity index (χ0) is 18.9. The van der Waals surface area contributed by atoms with E-state index in [4.69, 9.17) is 5.73 Å². The van der Waals surface area contributed by atoms with E-state index in [-0.39, 0.29) is 17.2 Å². The van der Waals surface area contributed by atoms with Gasteiger partial charge in [-0.2, -0.15) is 0 Å². The number of nitrogens with two attached hydrogens (primary N) is 1. The van der Waals surface area contributed by atoms with Crippen molar-refractivity contribution in [2.24, 2.45) is 10.7 Å². The van der Waals surface area contributed by atoms with Crippen LogP contribution in [0.1, 0.15) is 44.2 Å². The molecule has 4 nitrogen and oxygen atoms in total. The van der Waals surface area contributed by atoms with Crippen molar-refractivity contribution < 1.29 is 18.0 Å². The lowest BCUT2D eigenvalue weighted by molar-refractivity contribution is -0.112. The number of hydrogen-bond acceptors (Lipinski definition) is 3. The second-order valence-electron chi connectivity index (χ2n) is 6.88. The summed E-state index contributed by atoms with van der Waals surface area (Å²) in [5, 5.41) is 2.59. The predicted octanol–water partition coefficient (Wildman–Crippen LogP) is 3.73. The summed E-state index contributed by atoms with van der Waals surface area (Å²) in [6.07, 6.45) is -1.26. The number of nitrogens with one attached hydrogen (secondary N) is 1. The molecule has 1 amide bonds. The molecule has 25 heavy (non-hydrogen) atoms. The molecule has 0 aromatic heterocycles. The molecule has 3 N–H and O–H groups in total. The average Bonchev–Trinajstić information content (AvgIpc) is 2.77. The van der Waals surface area contributed by atoms with Gasteiger partial charge in [0.1, 0.15) is 5.82 Å². The Balaban J connectivity index is 2.47. The van der Waals surface area contributed by atoms with Gasteiger partial charge in [0.25, 0.3) is 12.3 Å². The first-order valence-electron chi connectivity index (χ1n) is 7.94. The van der Waals surface area contributed by atoms with Crippen LogP contribution in [0.4, 0.5) is 18.9 Å². The molecule has 1 unspecified atom stereocenters. The summed E-state index contributed by atoms with van der Waals surface area (Å²) in [5.74, 6) is -1.11. The fourth-order valence-electron chi connectivity index (χ4n) is 3.57. The Labute approximate surface area is 145 Å². The molecule has 0 heterocycles. The maximum atomic E-state index is 14.3. The average molecular weight is 353 g/mol. The molecule has 0 aliphatic heterocycles. The number of fused-ring (bicyclic) bond motifs is 1. The maximum absolute atomic E-state index is 14.3. The highest BCUT2D eigenvalue weighted by Gasteiger charge is 2.39. The standard InChI is InChI=1S/C18H22F3N3O/c1-9-7-18(2,3)14-11(19)5-6-12(13(9)14)24-17(25)10(8-23-4)15(22)16(20)21/h5-6,8-9,16H,7,22H2,1-4H3,(H,24,25). The van der Waals surface area contributed by atoms with Crippen LogP contribution in [0.2, 0.25) is 0 Å². The van der Waals surface area contributed by atoms with E-state index < -0.39 is 23.6 Å². The van der Waals surface area contributed by atoms with Gasteiger partial charge in [0.05, 0.1) is 11.3 Å². The van der Waals surface area contributed by atoms with E-state index in [1.165, 1.54) is 19.2 Å². The Kier molecular flexibility index (Phi) is 5.25. The number of carbonyl (C=O) groups is 1. The molecular weight excluding hydrogens is 331 g/mol. The molecule has 0 radical (unpaired) electrons. The van der Waals surface area contributed by atoms with E-state index in [1.54, 1.807) is 0 Å². The van der Waals surface area contributed by atoms with Crippen LogP contribution in [0.15, 0.2) is 28.4 Å². The number of nitrogens with zero attached hydrogens (tertiary/aromatic N) is 1. The molecule has 136 valence electrons. The van der Waals surface area contributed by atoms with Crippen LogP contribution in [-0.2, 0) is 10.2 Å². The van der Waals surface area contributed by atoms with Crippen molar-refractivity contribution in [1.82, 2.24) is 0 Å². The summed E-state index contributed by atoms with van der Waals surface area (Å²) >= 11 is 0. The fraction of sp³-hybridized carbons (Fsp3) is 0.444. The van der Waals surface area contributed by atoms with Crippen LogP contribution in [0, 0.1) is 5.82 Å². The van der Waals surface area contributed by atoms with Gasteiger partial charge in [0.2, 0.25) is 0 Å². The minimum absolute atomic E-state index is 0.0238. The quantitative estimate of drug-likeness (QED) is 0.640. The molecule has 0 fully saturated rings. The number of rotatable bonds is 4. The van der Waals surface area contributed by atoms with E-state index in [0.717, 1.165) is 12.6 Å². The number of carbonyl (C=O) groups excluding carboxylic acids is 1. The Morgan fingerprint density at radius 2 is 2.08 bits per heavy atom. The summed E-state index contributed by atoms with van der Waals surface area (Å²) in [5.41, 5.74) is 5.35. The molecule has 2 rings (SSSR count). The van der Waals surface area contributed by atoms with Crippen molar-refractivity contribution in [3.63, 3.8) is 0 Å². The molecule has 1 aliphatic carbocycles. The van der Waals surface area contributed by atoms with Crippen molar-refractivity contribution in [3.8, 4) is 0 Å². The number of benzene rings is 1.